The number of amides is 2. The summed E-state index contributed by atoms with van der Waals surface area (Å²) in [5.41, 5.74) is 2.27. The van der Waals surface area contributed by atoms with Crippen LogP contribution < -0.4 is 10.6 Å². The average molecular weight is 335 g/mol. The number of piperazine rings is 1. The van der Waals surface area contributed by atoms with Gasteiger partial charge in [0.15, 0.2) is 0 Å². The van der Waals surface area contributed by atoms with Gasteiger partial charge >= 0.3 is 0 Å². The van der Waals surface area contributed by atoms with E-state index >= 15 is 0 Å². The van der Waals surface area contributed by atoms with Crippen LogP contribution in [-0.2, 0) is 22.4 Å². The molecule has 2 amide bonds. The van der Waals surface area contributed by atoms with Crippen LogP contribution in [0, 0.1) is 11.3 Å². The van der Waals surface area contributed by atoms with E-state index in [-0.39, 0.29) is 17.6 Å². The van der Waals surface area contributed by atoms with Gasteiger partial charge in [-0.05, 0) is 35.4 Å². The molecule has 3 rings (SSSR count). The number of phenolic OH excluding ortho intramolecular Hbond substituents is 1. The summed E-state index contributed by atoms with van der Waals surface area (Å²) < 4.78 is 0. The predicted octanol–water partition coefficient (Wildman–Crippen LogP) is 1.03. The quantitative estimate of drug-likeness (QED) is 0.776. The summed E-state index contributed by atoms with van der Waals surface area (Å²) in [5.74, 6) is -0.303. The van der Waals surface area contributed by atoms with E-state index in [9.17, 15) is 14.7 Å². The lowest BCUT2D eigenvalue weighted by molar-refractivity contribution is -0.136. The van der Waals surface area contributed by atoms with Gasteiger partial charge in [-0.1, -0.05) is 24.3 Å². The van der Waals surface area contributed by atoms with E-state index in [1.165, 1.54) is 0 Å². The minimum atomic E-state index is -0.630. The summed E-state index contributed by atoms with van der Waals surface area (Å²) in [5, 5.41) is 23.6. The number of hydrogen-bond donors (Lipinski definition) is 3. The van der Waals surface area contributed by atoms with Gasteiger partial charge in [-0.25, -0.2) is 0 Å². The molecule has 0 bridgehead atoms. The number of carbonyl (C=O) groups excluding carboxylic acids is 2. The van der Waals surface area contributed by atoms with Gasteiger partial charge in [0, 0.05) is 12.8 Å². The van der Waals surface area contributed by atoms with Crippen LogP contribution in [-0.4, -0.2) is 29.0 Å². The predicted molar refractivity (Wildman–Crippen MR) is 90.5 cm³/mol. The first-order valence-electron chi connectivity index (χ1n) is 7.93. The highest BCUT2D eigenvalue weighted by Crippen LogP contribution is 2.14. The highest BCUT2D eigenvalue weighted by molar-refractivity contribution is 5.97. The van der Waals surface area contributed by atoms with Gasteiger partial charge < -0.3 is 15.7 Å². The second-order valence-electron chi connectivity index (χ2n) is 6.01. The van der Waals surface area contributed by atoms with Crippen LogP contribution in [0.5, 0.6) is 5.75 Å². The van der Waals surface area contributed by atoms with Crippen molar-refractivity contribution in [3.05, 3.63) is 65.2 Å². The molecule has 1 heterocycles. The van der Waals surface area contributed by atoms with Gasteiger partial charge in [0.25, 0.3) is 0 Å². The Kier molecular flexibility index (Phi) is 4.66. The van der Waals surface area contributed by atoms with E-state index in [4.69, 9.17) is 5.26 Å². The largest absolute Gasteiger partial charge is 0.508 e. The number of benzene rings is 2. The minimum absolute atomic E-state index is 0.156. The summed E-state index contributed by atoms with van der Waals surface area (Å²) in [6.07, 6.45) is 0.733. The number of nitrogens with zero attached hydrogens (tertiary/aromatic N) is 1. The molecule has 0 aromatic heterocycles. The molecule has 1 fully saturated rings. The molecule has 0 radical (unpaired) electrons. The number of nitrogens with one attached hydrogen (secondary N) is 2. The number of phenols is 1. The molecule has 2 atom stereocenters. The zero-order chi connectivity index (χ0) is 17.8. The van der Waals surface area contributed by atoms with E-state index in [1.807, 2.05) is 6.07 Å². The molecule has 0 aliphatic carbocycles. The van der Waals surface area contributed by atoms with Crippen molar-refractivity contribution in [3.8, 4) is 11.8 Å². The third-order valence-corrected chi connectivity index (χ3v) is 4.16. The molecule has 1 saturated heterocycles. The standard InChI is InChI=1S/C19H17N3O3/c20-11-14-3-1-12(2-4-14)9-16-18(24)22-17(19(25)21-16)10-13-5-7-15(23)8-6-13/h1-8,16-17,23H,9-10H2,(H,21,25)(H,22,24). The van der Waals surface area contributed by atoms with Gasteiger partial charge in [-0.3, -0.25) is 9.59 Å². The first kappa shape index (κ1) is 16.5. The fourth-order valence-electron chi connectivity index (χ4n) is 2.78. The lowest BCUT2D eigenvalue weighted by Crippen LogP contribution is -2.62. The van der Waals surface area contributed by atoms with E-state index < -0.39 is 12.1 Å². The zero-order valence-corrected chi connectivity index (χ0v) is 13.4. The van der Waals surface area contributed by atoms with Gasteiger partial charge in [0.1, 0.15) is 17.8 Å². The first-order chi connectivity index (χ1) is 12.0. The SMILES string of the molecule is N#Cc1ccc(CC2NC(=O)C(Cc3ccc(O)cc3)NC2=O)cc1. The van der Waals surface area contributed by atoms with Crippen LogP contribution in [0.1, 0.15) is 16.7 Å². The first-order valence-corrected chi connectivity index (χ1v) is 7.93. The molecule has 6 heteroatoms. The van der Waals surface area contributed by atoms with E-state index in [0.717, 1.165) is 11.1 Å². The van der Waals surface area contributed by atoms with E-state index in [1.54, 1.807) is 48.5 Å². The summed E-state index contributed by atoms with van der Waals surface area (Å²) in [7, 11) is 0. The van der Waals surface area contributed by atoms with Crippen molar-refractivity contribution in [2.45, 2.75) is 24.9 Å². The lowest BCUT2D eigenvalue weighted by atomic mass is 9.98. The Hall–Kier alpha value is -3.33. The topological polar surface area (TPSA) is 102 Å². The van der Waals surface area contributed by atoms with Gasteiger partial charge in [-0.2, -0.15) is 5.26 Å². The van der Waals surface area contributed by atoms with Crippen LogP contribution in [0.15, 0.2) is 48.5 Å². The lowest BCUT2D eigenvalue weighted by Gasteiger charge is -2.29. The van der Waals surface area contributed by atoms with Crippen molar-refractivity contribution < 1.29 is 14.7 Å². The summed E-state index contributed by atoms with van der Waals surface area (Å²) in [6, 6.07) is 14.2. The van der Waals surface area contributed by atoms with E-state index in [0.29, 0.717) is 18.4 Å². The van der Waals surface area contributed by atoms with Crippen LogP contribution in [0.25, 0.3) is 0 Å². The molecule has 2 unspecified atom stereocenters. The number of aromatic hydroxyl groups is 1. The summed E-state index contributed by atoms with van der Waals surface area (Å²) in [4.78, 5) is 24.6. The number of rotatable bonds is 4. The molecule has 2 aromatic carbocycles. The number of carbonyl (C=O) groups is 2. The Balaban J connectivity index is 1.63. The van der Waals surface area contributed by atoms with Crippen LogP contribution in [0.4, 0.5) is 0 Å². The second-order valence-corrected chi connectivity index (χ2v) is 6.01. The molecule has 25 heavy (non-hydrogen) atoms. The Morgan fingerprint density at radius 3 is 1.72 bits per heavy atom. The average Bonchev–Trinajstić information content (AvgIpc) is 2.62. The molecule has 2 aromatic rings. The highest BCUT2D eigenvalue weighted by atomic mass is 16.3. The van der Waals surface area contributed by atoms with Crippen molar-refractivity contribution >= 4 is 11.8 Å². The monoisotopic (exact) mass is 335 g/mol. The molecule has 1 aliphatic rings. The Morgan fingerprint density at radius 2 is 1.28 bits per heavy atom. The molecular weight excluding hydrogens is 318 g/mol. The normalized spacial score (nSPS) is 19.6. The van der Waals surface area contributed by atoms with Crippen molar-refractivity contribution in [2.24, 2.45) is 0 Å². The van der Waals surface area contributed by atoms with Gasteiger partial charge in [-0.15, -0.1) is 0 Å². The van der Waals surface area contributed by atoms with Gasteiger partial charge in [0.05, 0.1) is 11.6 Å². The maximum absolute atomic E-state index is 12.3. The van der Waals surface area contributed by atoms with Crippen LogP contribution in [0.3, 0.4) is 0 Å². The number of hydrogen-bond acceptors (Lipinski definition) is 4. The third-order valence-electron chi connectivity index (χ3n) is 4.16. The fourth-order valence-corrected chi connectivity index (χ4v) is 2.78. The maximum atomic E-state index is 12.3. The number of nitriles is 1. The van der Waals surface area contributed by atoms with Crippen molar-refractivity contribution in [2.75, 3.05) is 0 Å². The summed E-state index contributed by atoms with van der Waals surface area (Å²) in [6.45, 7) is 0. The molecule has 6 nitrogen and oxygen atoms in total. The Morgan fingerprint density at radius 1 is 0.840 bits per heavy atom. The molecule has 126 valence electrons. The molecule has 0 saturated carbocycles. The van der Waals surface area contributed by atoms with Crippen LogP contribution in [0.2, 0.25) is 0 Å². The molecule has 1 aliphatic heterocycles. The van der Waals surface area contributed by atoms with Crippen LogP contribution >= 0.6 is 0 Å². The smallest absolute Gasteiger partial charge is 0.243 e. The fraction of sp³-hybridized carbons (Fsp3) is 0.211. The molecule has 0 spiro atoms. The maximum Gasteiger partial charge on any atom is 0.243 e. The summed E-state index contributed by atoms with van der Waals surface area (Å²) >= 11 is 0. The van der Waals surface area contributed by atoms with Crippen molar-refractivity contribution in [3.63, 3.8) is 0 Å². The minimum Gasteiger partial charge on any atom is -0.508 e. The molecular formula is C19H17N3O3. The Labute approximate surface area is 145 Å². The highest BCUT2D eigenvalue weighted by Gasteiger charge is 2.33. The van der Waals surface area contributed by atoms with Crippen molar-refractivity contribution in [1.82, 2.24) is 10.6 Å². The zero-order valence-electron chi connectivity index (χ0n) is 13.4. The third kappa shape index (κ3) is 3.96. The van der Waals surface area contributed by atoms with Gasteiger partial charge in [0.2, 0.25) is 11.8 Å². The second kappa shape index (κ2) is 7.05. The molecule has 3 N–H and O–H groups in total. The Bertz CT molecular complexity index is 822. The van der Waals surface area contributed by atoms with Crippen molar-refractivity contribution in [1.29, 1.82) is 5.26 Å². The van der Waals surface area contributed by atoms with E-state index in [2.05, 4.69) is 10.6 Å².